The zero-order chi connectivity index (χ0) is 13.1. The predicted octanol–water partition coefficient (Wildman–Crippen LogP) is 0.678. The molecule has 0 aliphatic heterocycles. The fraction of sp³-hybridized carbons (Fsp3) is 0.909. The average Bonchev–Trinajstić information content (AvgIpc) is 2.77. The molecule has 1 fully saturated rings. The van der Waals surface area contributed by atoms with Crippen LogP contribution >= 0.6 is 0 Å². The van der Waals surface area contributed by atoms with E-state index in [4.69, 9.17) is 11.0 Å². The monoisotopic (exact) mass is 259 g/mol. The standard InChI is InChI=1S/C11H21N3O2S/c1-3-10(8-13)17(15,16)14(2)11-6-4-5-9(11)7-12/h9-11H,3-7,12H2,1-2H3. The van der Waals surface area contributed by atoms with Gasteiger partial charge >= 0.3 is 0 Å². The van der Waals surface area contributed by atoms with Crippen molar-refractivity contribution in [1.82, 2.24) is 4.31 Å². The summed E-state index contributed by atoms with van der Waals surface area (Å²) in [7, 11) is -1.93. The van der Waals surface area contributed by atoms with Crippen molar-refractivity contribution in [2.24, 2.45) is 11.7 Å². The van der Waals surface area contributed by atoms with E-state index in [2.05, 4.69) is 0 Å². The second-order valence-electron chi connectivity index (χ2n) is 4.58. The summed E-state index contributed by atoms with van der Waals surface area (Å²) in [6, 6.07) is 1.83. The van der Waals surface area contributed by atoms with Crippen LogP contribution in [0.2, 0.25) is 0 Å². The lowest BCUT2D eigenvalue weighted by Crippen LogP contribution is -2.45. The molecule has 0 radical (unpaired) electrons. The average molecular weight is 259 g/mol. The number of sulfonamides is 1. The molecule has 3 atom stereocenters. The van der Waals surface area contributed by atoms with Crippen LogP contribution in [0.5, 0.6) is 0 Å². The first-order chi connectivity index (χ1) is 7.98. The highest BCUT2D eigenvalue weighted by Gasteiger charge is 2.38. The Kier molecular flexibility index (Phi) is 4.92. The molecule has 0 bridgehead atoms. The summed E-state index contributed by atoms with van der Waals surface area (Å²) in [5, 5.41) is 7.96. The number of hydrogen-bond donors (Lipinski definition) is 1. The highest BCUT2D eigenvalue weighted by atomic mass is 32.2. The Bertz CT molecular complexity index is 388. The fourth-order valence-electron chi connectivity index (χ4n) is 2.53. The van der Waals surface area contributed by atoms with Gasteiger partial charge in [-0.2, -0.15) is 5.26 Å². The number of nitrogens with two attached hydrogens (primary N) is 1. The Morgan fingerprint density at radius 1 is 1.53 bits per heavy atom. The van der Waals surface area contributed by atoms with E-state index < -0.39 is 15.3 Å². The molecule has 3 unspecified atom stereocenters. The van der Waals surface area contributed by atoms with Crippen molar-refractivity contribution in [2.45, 2.75) is 43.9 Å². The van der Waals surface area contributed by atoms with Crippen LogP contribution in [-0.2, 0) is 10.0 Å². The third kappa shape index (κ3) is 2.79. The van der Waals surface area contributed by atoms with Crippen LogP contribution in [0.1, 0.15) is 32.6 Å². The molecule has 0 saturated heterocycles. The zero-order valence-corrected chi connectivity index (χ0v) is 11.3. The lowest BCUT2D eigenvalue weighted by atomic mass is 10.0. The maximum atomic E-state index is 12.2. The van der Waals surface area contributed by atoms with Crippen molar-refractivity contribution in [1.29, 1.82) is 5.26 Å². The molecule has 0 heterocycles. The van der Waals surface area contributed by atoms with E-state index in [1.54, 1.807) is 14.0 Å². The summed E-state index contributed by atoms with van der Waals surface area (Å²) >= 11 is 0. The van der Waals surface area contributed by atoms with Gasteiger partial charge in [-0.05, 0) is 31.7 Å². The van der Waals surface area contributed by atoms with Crippen molar-refractivity contribution in [3.8, 4) is 6.07 Å². The summed E-state index contributed by atoms with van der Waals surface area (Å²) in [6.45, 7) is 2.22. The molecule has 5 nitrogen and oxygen atoms in total. The summed E-state index contributed by atoms with van der Waals surface area (Å²) in [5.74, 6) is 0.228. The van der Waals surface area contributed by atoms with E-state index in [1.807, 2.05) is 6.07 Å². The fourth-order valence-corrected chi connectivity index (χ4v) is 4.14. The van der Waals surface area contributed by atoms with E-state index in [0.29, 0.717) is 13.0 Å². The van der Waals surface area contributed by atoms with Crippen molar-refractivity contribution in [2.75, 3.05) is 13.6 Å². The minimum atomic E-state index is -3.51. The zero-order valence-electron chi connectivity index (χ0n) is 10.5. The molecule has 1 rings (SSSR count). The van der Waals surface area contributed by atoms with Gasteiger partial charge in [-0.3, -0.25) is 0 Å². The highest BCUT2D eigenvalue weighted by Crippen LogP contribution is 2.31. The van der Waals surface area contributed by atoms with E-state index in [0.717, 1.165) is 19.3 Å². The Balaban J connectivity index is 2.89. The van der Waals surface area contributed by atoms with E-state index in [1.165, 1.54) is 4.31 Å². The van der Waals surface area contributed by atoms with Crippen molar-refractivity contribution < 1.29 is 8.42 Å². The molecule has 0 spiro atoms. The van der Waals surface area contributed by atoms with Gasteiger partial charge < -0.3 is 5.73 Å². The van der Waals surface area contributed by atoms with Crippen LogP contribution in [0.15, 0.2) is 0 Å². The van der Waals surface area contributed by atoms with E-state index >= 15 is 0 Å². The predicted molar refractivity (Wildman–Crippen MR) is 66.6 cm³/mol. The Morgan fingerprint density at radius 2 is 2.18 bits per heavy atom. The molecule has 17 heavy (non-hydrogen) atoms. The molecule has 6 heteroatoms. The summed E-state index contributed by atoms with van der Waals surface area (Å²) < 4.78 is 25.8. The first-order valence-electron chi connectivity index (χ1n) is 6.05. The van der Waals surface area contributed by atoms with Crippen molar-refractivity contribution >= 4 is 10.0 Å². The van der Waals surface area contributed by atoms with Crippen LogP contribution in [-0.4, -0.2) is 37.6 Å². The van der Waals surface area contributed by atoms with Gasteiger partial charge in [0.15, 0.2) is 5.25 Å². The lowest BCUT2D eigenvalue weighted by Gasteiger charge is -2.29. The van der Waals surface area contributed by atoms with Gasteiger partial charge in [0.2, 0.25) is 10.0 Å². The molecule has 0 aromatic carbocycles. The molecular weight excluding hydrogens is 238 g/mol. The van der Waals surface area contributed by atoms with Crippen LogP contribution in [0.4, 0.5) is 0 Å². The smallest absolute Gasteiger partial charge is 0.230 e. The van der Waals surface area contributed by atoms with Gasteiger partial charge in [0, 0.05) is 13.1 Å². The maximum Gasteiger partial charge on any atom is 0.230 e. The van der Waals surface area contributed by atoms with Crippen molar-refractivity contribution in [3.63, 3.8) is 0 Å². The SMILES string of the molecule is CCC(C#N)S(=O)(=O)N(C)C1CCCC1CN. The molecule has 98 valence electrons. The Morgan fingerprint density at radius 3 is 2.65 bits per heavy atom. The molecule has 1 aliphatic rings. The van der Waals surface area contributed by atoms with E-state index in [-0.39, 0.29) is 12.0 Å². The van der Waals surface area contributed by atoms with Crippen LogP contribution in [0.25, 0.3) is 0 Å². The molecule has 0 amide bonds. The highest BCUT2D eigenvalue weighted by molar-refractivity contribution is 7.90. The number of rotatable bonds is 5. The maximum absolute atomic E-state index is 12.2. The molecular formula is C11H21N3O2S. The topological polar surface area (TPSA) is 87.2 Å². The normalized spacial score (nSPS) is 27.0. The quantitative estimate of drug-likeness (QED) is 0.786. The minimum Gasteiger partial charge on any atom is -0.330 e. The third-order valence-electron chi connectivity index (χ3n) is 3.66. The second kappa shape index (κ2) is 5.80. The molecule has 1 saturated carbocycles. The van der Waals surface area contributed by atoms with Crippen LogP contribution in [0, 0.1) is 17.2 Å². The number of hydrogen-bond acceptors (Lipinski definition) is 4. The van der Waals surface area contributed by atoms with Gasteiger partial charge in [-0.25, -0.2) is 12.7 Å². The summed E-state index contributed by atoms with van der Waals surface area (Å²) in [5.41, 5.74) is 5.66. The van der Waals surface area contributed by atoms with Gasteiger partial charge in [-0.1, -0.05) is 13.3 Å². The number of nitrogens with zero attached hydrogens (tertiary/aromatic N) is 2. The Labute approximate surface area is 104 Å². The second-order valence-corrected chi connectivity index (χ2v) is 6.76. The third-order valence-corrected chi connectivity index (χ3v) is 5.90. The largest absolute Gasteiger partial charge is 0.330 e. The van der Waals surface area contributed by atoms with Gasteiger partial charge in [0.05, 0.1) is 6.07 Å². The Hall–Kier alpha value is -0.640. The lowest BCUT2D eigenvalue weighted by molar-refractivity contribution is 0.302. The summed E-state index contributed by atoms with van der Waals surface area (Å²) in [6.07, 6.45) is 3.16. The van der Waals surface area contributed by atoms with Gasteiger partial charge in [-0.15, -0.1) is 0 Å². The van der Waals surface area contributed by atoms with E-state index in [9.17, 15) is 8.42 Å². The van der Waals surface area contributed by atoms with Crippen LogP contribution < -0.4 is 5.73 Å². The van der Waals surface area contributed by atoms with Crippen molar-refractivity contribution in [3.05, 3.63) is 0 Å². The van der Waals surface area contributed by atoms with Gasteiger partial charge in [0.25, 0.3) is 0 Å². The minimum absolute atomic E-state index is 0.0348. The molecule has 0 aromatic rings. The first-order valence-corrected chi connectivity index (χ1v) is 7.55. The van der Waals surface area contributed by atoms with Gasteiger partial charge in [0.1, 0.15) is 0 Å². The molecule has 0 aromatic heterocycles. The summed E-state index contributed by atoms with van der Waals surface area (Å²) in [4.78, 5) is 0. The molecule has 1 aliphatic carbocycles. The molecule has 2 N–H and O–H groups in total. The van der Waals surface area contributed by atoms with Crippen LogP contribution in [0.3, 0.4) is 0 Å². The first kappa shape index (κ1) is 14.4. The number of nitriles is 1.